The normalized spacial score (nSPS) is 16.0. The zero-order valence-electron chi connectivity index (χ0n) is 10.4. The van der Waals surface area contributed by atoms with Crippen molar-refractivity contribution >= 4 is 11.9 Å². The van der Waals surface area contributed by atoms with Crippen molar-refractivity contribution in [2.45, 2.75) is 6.42 Å². The average Bonchev–Trinajstić information content (AvgIpc) is 2.37. The molecule has 104 valence electrons. The van der Waals surface area contributed by atoms with Gasteiger partial charge in [0.15, 0.2) is 0 Å². The van der Waals surface area contributed by atoms with Crippen LogP contribution in [-0.2, 0) is 14.3 Å². The quantitative estimate of drug-likeness (QED) is 0.586. The Kier molecular flexibility index (Phi) is 6.63. The fraction of sp³-hybridized carbons (Fsp3) is 0.818. The third-order valence-electron chi connectivity index (χ3n) is 2.78. The molecule has 0 saturated carbocycles. The Bertz CT molecular complexity index is 279. The predicted octanol–water partition coefficient (Wildman–Crippen LogP) is -1.39. The molecule has 0 aromatic rings. The van der Waals surface area contributed by atoms with Crippen LogP contribution in [-0.4, -0.2) is 84.4 Å². The third-order valence-corrected chi connectivity index (χ3v) is 2.78. The lowest BCUT2D eigenvalue weighted by atomic mass is 10.3. The number of morpholine rings is 1. The smallest absolute Gasteiger partial charge is 0.304 e. The van der Waals surface area contributed by atoms with Crippen molar-refractivity contribution in [3.63, 3.8) is 0 Å². The van der Waals surface area contributed by atoms with Crippen LogP contribution in [0.15, 0.2) is 0 Å². The molecule has 0 aliphatic carbocycles. The lowest BCUT2D eigenvalue weighted by Gasteiger charge is -2.29. The maximum atomic E-state index is 11.9. The van der Waals surface area contributed by atoms with Gasteiger partial charge in [-0.1, -0.05) is 0 Å². The van der Waals surface area contributed by atoms with Gasteiger partial charge in [-0.15, -0.1) is 0 Å². The second-order valence-corrected chi connectivity index (χ2v) is 4.14. The number of hydrogen-bond acceptors (Lipinski definition) is 5. The van der Waals surface area contributed by atoms with Gasteiger partial charge in [-0.05, 0) is 0 Å². The van der Waals surface area contributed by atoms with E-state index in [0.29, 0.717) is 32.8 Å². The molecule has 0 unspecified atom stereocenters. The molecule has 7 heteroatoms. The summed E-state index contributed by atoms with van der Waals surface area (Å²) in [5.74, 6) is -0.950. The van der Waals surface area contributed by atoms with E-state index in [9.17, 15) is 9.59 Å². The lowest BCUT2D eigenvalue weighted by molar-refractivity contribution is -0.140. The lowest BCUT2D eigenvalue weighted by Crippen LogP contribution is -2.46. The largest absolute Gasteiger partial charge is 0.481 e. The topological polar surface area (TPSA) is 90.3 Å². The van der Waals surface area contributed by atoms with Gasteiger partial charge < -0.3 is 19.8 Å². The summed E-state index contributed by atoms with van der Waals surface area (Å²) in [6.07, 6.45) is -0.0314. The number of amides is 1. The van der Waals surface area contributed by atoms with E-state index in [1.54, 1.807) is 9.80 Å². The molecular weight excluding hydrogens is 240 g/mol. The number of aliphatic carboxylic acids is 1. The van der Waals surface area contributed by atoms with Crippen molar-refractivity contribution in [3.05, 3.63) is 0 Å². The molecule has 1 rings (SSSR count). The molecule has 0 atom stereocenters. The van der Waals surface area contributed by atoms with Crippen LogP contribution < -0.4 is 0 Å². The Balaban J connectivity index is 2.37. The van der Waals surface area contributed by atoms with Gasteiger partial charge in [0.05, 0.1) is 32.8 Å². The van der Waals surface area contributed by atoms with E-state index in [4.69, 9.17) is 14.9 Å². The Morgan fingerprint density at radius 3 is 2.44 bits per heavy atom. The minimum Gasteiger partial charge on any atom is -0.481 e. The summed E-state index contributed by atoms with van der Waals surface area (Å²) < 4.78 is 5.16. The summed E-state index contributed by atoms with van der Waals surface area (Å²) in [4.78, 5) is 25.8. The first-order chi connectivity index (χ1) is 8.63. The molecule has 2 N–H and O–H groups in total. The van der Waals surface area contributed by atoms with Gasteiger partial charge >= 0.3 is 5.97 Å². The molecule has 1 saturated heterocycles. The van der Waals surface area contributed by atoms with Crippen molar-refractivity contribution in [2.24, 2.45) is 0 Å². The van der Waals surface area contributed by atoms with Crippen LogP contribution in [0.4, 0.5) is 0 Å². The minimum absolute atomic E-state index is 0.0314. The number of hydrogen-bond donors (Lipinski definition) is 2. The van der Waals surface area contributed by atoms with Crippen LogP contribution in [0.5, 0.6) is 0 Å². The van der Waals surface area contributed by atoms with E-state index in [0.717, 1.165) is 0 Å². The first-order valence-corrected chi connectivity index (χ1v) is 6.04. The van der Waals surface area contributed by atoms with Gasteiger partial charge in [0.1, 0.15) is 0 Å². The van der Waals surface area contributed by atoms with Crippen LogP contribution in [0.25, 0.3) is 0 Å². The number of carboxylic acid groups (broad SMARTS) is 1. The summed E-state index contributed by atoms with van der Waals surface area (Å²) in [6.45, 7) is 2.87. The first kappa shape index (κ1) is 14.9. The predicted molar refractivity (Wildman–Crippen MR) is 63.2 cm³/mol. The highest BCUT2D eigenvalue weighted by Gasteiger charge is 2.19. The van der Waals surface area contributed by atoms with Gasteiger partial charge in [-0.2, -0.15) is 0 Å². The third kappa shape index (κ3) is 5.44. The number of carbonyl (C=O) groups is 2. The molecule has 0 radical (unpaired) electrons. The van der Waals surface area contributed by atoms with E-state index in [-0.39, 0.29) is 32.0 Å². The Morgan fingerprint density at radius 1 is 1.22 bits per heavy atom. The zero-order chi connectivity index (χ0) is 13.4. The van der Waals surface area contributed by atoms with Crippen LogP contribution in [0.2, 0.25) is 0 Å². The van der Waals surface area contributed by atoms with Gasteiger partial charge in [0, 0.05) is 26.2 Å². The SMILES string of the molecule is O=C(O)CCN(CCO)CC(=O)N1CCOCC1. The molecule has 7 nitrogen and oxygen atoms in total. The summed E-state index contributed by atoms with van der Waals surface area (Å²) in [5.41, 5.74) is 0. The second-order valence-electron chi connectivity index (χ2n) is 4.14. The maximum Gasteiger partial charge on any atom is 0.304 e. The molecule has 18 heavy (non-hydrogen) atoms. The summed E-state index contributed by atoms with van der Waals surface area (Å²) in [5, 5.41) is 17.5. The molecule has 0 spiro atoms. The average molecular weight is 260 g/mol. The number of carboxylic acids is 1. The van der Waals surface area contributed by atoms with Crippen LogP contribution in [0.1, 0.15) is 6.42 Å². The zero-order valence-corrected chi connectivity index (χ0v) is 10.4. The molecule has 1 aliphatic heterocycles. The summed E-state index contributed by atoms with van der Waals surface area (Å²) in [6, 6.07) is 0. The first-order valence-electron chi connectivity index (χ1n) is 6.04. The standard InChI is InChI=1S/C11H20N2O5/c14-6-3-12(2-1-11(16)17)9-10(15)13-4-7-18-8-5-13/h14H,1-9H2,(H,16,17). The van der Waals surface area contributed by atoms with Crippen molar-refractivity contribution in [3.8, 4) is 0 Å². The monoisotopic (exact) mass is 260 g/mol. The van der Waals surface area contributed by atoms with Gasteiger partial charge in [-0.3, -0.25) is 14.5 Å². The van der Waals surface area contributed by atoms with E-state index < -0.39 is 5.97 Å². The highest BCUT2D eigenvalue weighted by molar-refractivity contribution is 5.78. The van der Waals surface area contributed by atoms with Gasteiger partial charge in [0.2, 0.25) is 5.91 Å². The van der Waals surface area contributed by atoms with Gasteiger partial charge in [0.25, 0.3) is 0 Å². The molecule has 1 amide bonds. The van der Waals surface area contributed by atoms with Crippen molar-refractivity contribution in [2.75, 3.05) is 52.5 Å². The van der Waals surface area contributed by atoms with Crippen LogP contribution in [0.3, 0.4) is 0 Å². The summed E-state index contributed by atoms with van der Waals surface area (Å²) >= 11 is 0. The number of rotatable bonds is 7. The maximum absolute atomic E-state index is 11.9. The molecule has 0 aromatic carbocycles. The van der Waals surface area contributed by atoms with Gasteiger partial charge in [-0.25, -0.2) is 0 Å². The fourth-order valence-corrected chi connectivity index (χ4v) is 1.77. The van der Waals surface area contributed by atoms with Crippen molar-refractivity contribution < 1.29 is 24.5 Å². The van der Waals surface area contributed by atoms with Crippen molar-refractivity contribution in [1.82, 2.24) is 9.80 Å². The van der Waals surface area contributed by atoms with Crippen LogP contribution >= 0.6 is 0 Å². The highest BCUT2D eigenvalue weighted by Crippen LogP contribution is 2.00. The number of ether oxygens (including phenoxy) is 1. The van der Waals surface area contributed by atoms with Crippen molar-refractivity contribution in [1.29, 1.82) is 0 Å². The number of aliphatic hydroxyl groups is 1. The Morgan fingerprint density at radius 2 is 1.89 bits per heavy atom. The van der Waals surface area contributed by atoms with E-state index in [2.05, 4.69) is 0 Å². The summed E-state index contributed by atoms with van der Waals surface area (Å²) in [7, 11) is 0. The molecule has 1 heterocycles. The van der Waals surface area contributed by atoms with E-state index >= 15 is 0 Å². The molecule has 0 aromatic heterocycles. The van der Waals surface area contributed by atoms with E-state index in [1.807, 2.05) is 0 Å². The minimum atomic E-state index is -0.906. The Labute approximate surface area is 106 Å². The molecule has 0 bridgehead atoms. The molecule has 1 aliphatic rings. The fourth-order valence-electron chi connectivity index (χ4n) is 1.77. The second kappa shape index (κ2) is 8.02. The molecule has 1 fully saturated rings. The number of carbonyl (C=O) groups excluding carboxylic acids is 1. The van der Waals surface area contributed by atoms with E-state index in [1.165, 1.54) is 0 Å². The highest BCUT2D eigenvalue weighted by atomic mass is 16.5. The number of nitrogens with zero attached hydrogens (tertiary/aromatic N) is 2. The van der Waals surface area contributed by atoms with Crippen LogP contribution in [0, 0.1) is 0 Å². The molecular formula is C11H20N2O5. The number of aliphatic hydroxyl groups excluding tert-OH is 1. The Hall–Kier alpha value is -1.18.